The molecule has 0 spiro atoms. The second-order valence-electron chi connectivity index (χ2n) is 4.30. The van der Waals surface area contributed by atoms with Crippen LogP contribution in [0, 0.1) is 0 Å². The van der Waals surface area contributed by atoms with Crippen LogP contribution in [0.1, 0.15) is 37.5 Å². The van der Waals surface area contributed by atoms with E-state index < -0.39 is 13.2 Å². The first-order chi connectivity index (χ1) is 8.65. The van der Waals surface area contributed by atoms with Gasteiger partial charge in [0.2, 0.25) is 0 Å². The van der Waals surface area contributed by atoms with Gasteiger partial charge >= 0.3 is 13.1 Å². The van der Waals surface area contributed by atoms with E-state index in [1.807, 2.05) is 18.2 Å². The van der Waals surface area contributed by atoms with Gasteiger partial charge in [-0.2, -0.15) is 0 Å². The van der Waals surface area contributed by atoms with Crippen LogP contribution in [-0.4, -0.2) is 24.7 Å². The molecule has 0 bridgehead atoms. The molecular weight excluding hydrogens is 231 g/mol. The minimum atomic E-state index is -0.939. The number of benzene rings is 1. The summed E-state index contributed by atoms with van der Waals surface area (Å²) in [5, 5.41) is 9.84. The van der Waals surface area contributed by atoms with E-state index in [1.165, 1.54) is 0 Å². The Bertz CT molecular complexity index is 447. The fraction of sp³-hybridized carbons (Fsp3) is 0.462. The fourth-order valence-electron chi connectivity index (χ4n) is 2.18. The van der Waals surface area contributed by atoms with Crippen molar-refractivity contribution in [2.24, 2.45) is 0 Å². The van der Waals surface area contributed by atoms with E-state index in [1.54, 1.807) is 6.92 Å². The SMILES string of the molecule is CCOC(=O)CC1OB(O)c2cc(CC)ccc21. The summed E-state index contributed by atoms with van der Waals surface area (Å²) < 4.78 is 10.3. The van der Waals surface area contributed by atoms with E-state index in [0.717, 1.165) is 23.0 Å². The smallest absolute Gasteiger partial charge is 0.466 e. The number of aryl methyl sites for hydroxylation is 1. The van der Waals surface area contributed by atoms with Crippen LogP contribution in [0.2, 0.25) is 0 Å². The molecule has 18 heavy (non-hydrogen) atoms. The van der Waals surface area contributed by atoms with Gasteiger partial charge in [-0.3, -0.25) is 4.79 Å². The van der Waals surface area contributed by atoms with Crippen molar-refractivity contribution in [2.45, 2.75) is 32.8 Å². The lowest BCUT2D eigenvalue weighted by molar-refractivity contribution is -0.145. The topological polar surface area (TPSA) is 55.8 Å². The number of carbonyl (C=O) groups is 1. The van der Waals surface area contributed by atoms with Gasteiger partial charge in [0.15, 0.2) is 0 Å². The third kappa shape index (κ3) is 2.57. The first kappa shape index (κ1) is 13.1. The molecule has 2 rings (SSSR count). The zero-order chi connectivity index (χ0) is 13.1. The summed E-state index contributed by atoms with van der Waals surface area (Å²) >= 11 is 0. The lowest BCUT2D eigenvalue weighted by atomic mass is 9.78. The molecule has 1 unspecified atom stereocenters. The standard InChI is InChI=1S/C13H17BO4/c1-3-9-5-6-10-11(7-9)14(16)18-12(10)8-13(15)17-4-2/h5-7,12,16H,3-4,8H2,1-2H3. The summed E-state index contributed by atoms with van der Waals surface area (Å²) in [6.45, 7) is 4.18. The Morgan fingerprint density at radius 2 is 2.28 bits per heavy atom. The van der Waals surface area contributed by atoms with E-state index in [2.05, 4.69) is 6.92 Å². The summed E-state index contributed by atoms with van der Waals surface area (Å²) in [6.07, 6.45) is 0.645. The van der Waals surface area contributed by atoms with Crippen molar-refractivity contribution in [2.75, 3.05) is 6.61 Å². The Morgan fingerprint density at radius 1 is 1.50 bits per heavy atom. The fourth-order valence-corrected chi connectivity index (χ4v) is 2.18. The lowest BCUT2D eigenvalue weighted by Crippen LogP contribution is -2.28. The van der Waals surface area contributed by atoms with Gasteiger partial charge in [-0.05, 0) is 29.9 Å². The number of esters is 1. The summed E-state index contributed by atoms with van der Waals surface area (Å²) in [6, 6.07) is 5.86. The molecule has 96 valence electrons. The molecule has 0 amide bonds. The number of hydrogen-bond donors (Lipinski definition) is 1. The summed E-state index contributed by atoms with van der Waals surface area (Å²) in [5.41, 5.74) is 2.80. The largest absolute Gasteiger partial charge is 0.492 e. The lowest BCUT2D eigenvalue weighted by Gasteiger charge is -2.11. The van der Waals surface area contributed by atoms with Gasteiger partial charge in [0.1, 0.15) is 0 Å². The maximum Gasteiger partial charge on any atom is 0.492 e. The maximum atomic E-state index is 11.5. The molecule has 1 aromatic rings. The van der Waals surface area contributed by atoms with E-state index in [0.29, 0.717) is 6.61 Å². The molecule has 1 aromatic carbocycles. The highest BCUT2D eigenvalue weighted by Gasteiger charge is 2.36. The Morgan fingerprint density at radius 3 is 2.94 bits per heavy atom. The van der Waals surface area contributed by atoms with Crippen molar-refractivity contribution in [3.8, 4) is 0 Å². The second kappa shape index (κ2) is 5.54. The molecule has 0 saturated heterocycles. The minimum absolute atomic E-state index is 0.142. The third-order valence-corrected chi connectivity index (χ3v) is 3.12. The molecule has 1 aliphatic heterocycles. The molecule has 0 aliphatic carbocycles. The van der Waals surface area contributed by atoms with Gasteiger partial charge in [-0.1, -0.05) is 25.1 Å². The molecule has 1 N–H and O–H groups in total. The minimum Gasteiger partial charge on any atom is -0.466 e. The summed E-state index contributed by atoms with van der Waals surface area (Å²) in [5.74, 6) is -0.304. The molecule has 4 nitrogen and oxygen atoms in total. The normalized spacial score (nSPS) is 17.7. The van der Waals surface area contributed by atoms with Gasteiger partial charge in [0, 0.05) is 0 Å². The van der Waals surface area contributed by atoms with Crippen molar-refractivity contribution in [1.82, 2.24) is 0 Å². The van der Waals surface area contributed by atoms with Crippen molar-refractivity contribution in [3.05, 3.63) is 29.3 Å². The first-order valence-electron chi connectivity index (χ1n) is 6.27. The van der Waals surface area contributed by atoms with Crippen molar-refractivity contribution >= 4 is 18.6 Å². The van der Waals surface area contributed by atoms with E-state index in [4.69, 9.17) is 9.39 Å². The Hall–Kier alpha value is -1.33. The predicted molar refractivity (Wildman–Crippen MR) is 68.5 cm³/mol. The number of hydrogen-bond acceptors (Lipinski definition) is 4. The molecule has 1 aliphatic rings. The van der Waals surface area contributed by atoms with Crippen LogP contribution in [0.15, 0.2) is 18.2 Å². The molecule has 0 aromatic heterocycles. The third-order valence-electron chi connectivity index (χ3n) is 3.12. The molecule has 0 fully saturated rings. The monoisotopic (exact) mass is 248 g/mol. The van der Waals surface area contributed by atoms with Crippen LogP contribution in [-0.2, 0) is 20.6 Å². The zero-order valence-electron chi connectivity index (χ0n) is 10.7. The van der Waals surface area contributed by atoms with Crippen LogP contribution >= 0.6 is 0 Å². The van der Waals surface area contributed by atoms with E-state index >= 15 is 0 Å². The van der Waals surface area contributed by atoms with Gasteiger partial charge in [-0.15, -0.1) is 0 Å². The van der Waals surface area contributed by atoms with Crippen LogP contribution < -0.4 is 5.46 Å². The number of fused-ring (bicyclic) bond motifs is 1. The maximum absolute atomic E-state index is 11.5. The average Bonchev–Trinajstić information content (AvgIpc) is 2.66. The summed E-state index contributed by atoms with van der Waals surface area (Å²) in [7, 11) is -0.939. The second-order valence-corrected chi connectivity index (χ2v) is 4.30. The highest BCUT2D eigenvalue weighted by atomic mass is 16.5. The Balaban J connectivity index is 2.17. The highest BCUT2D eigenvalue weighted by molar-refractivity contribution is 6.61. The predicted octanol–water partition coefficient (Wildman–Crippen LogP) is 0.961. The van der Waals surface area contributed by atoms with Crippen LogP contribution in [0.3, 0.4) is 0 Å². The van der Waals surface area contributed by atoms with Crippen molar-refractivity contribution < 1.29 is 19.2 Å². The van der Waals surface area contributed by atoms with E-state index in [-0.39, 0.29) is 12.4 Å². The molecule has 0 radical (unpaired) electrons. The molecule has 1 atom stereocenters. The Kier molecular flexibility index (Phi) is 4.04. The highest BCUT2D eigenvalue weighted by Crippen LogP contribution is 2.27. The van der Waals surface area contributed by atoms with Crippen LogP contribution in [0.4, 0.5) is 0 Å². The van der Waals surface area contributed by atoms with Gasteiger partial charge in [0.05, 0.1) is 19.1 Å². The van der Waals surface area contributed by atoms with Gasteiger partial charge in [0.25, 0.3) is 0 Å². The summed E-state index contributed by atoms with van der Waals surface area (Å²) in [4.78, 5) is 11.5. The molecule has 5 heteroatoms. The van der Waals surface area contributed by atoms with E-state index in [9.17, 15) is 9.82 Å². The molecular formula is C13H17BO4. The van der Waals surface area contributed by atoms with Gasteiger partial charge in [-0.25, -0.2) is 0 Å². The molecule has 1 heterocycles. The van der Waals surface area contributed by atoms with Crippen LogP contribution in [0.25, 0.3) is 0 Å². The number of carbonyl (C=O) groups excluding carboxylic acids is 1. The van der Waals surface area contributed by atoms with Crippen molar-refractivity contribution in [3.63, 3.8) is 0 Å². The van der Waals surface area contributed by atoms with Crippen LogP contribution in [0.5, 0.6) is 0 Å². The zero-order valence-corrected chi connectivity index (χ0v) is 10.7. The number of rotatable bonds is 4. The van der Waals surface area contributed by atoms with Crippen molar-refractivity contribution in [1.29, 1.82) is 0 Å². The quantitative estimate of drug-likeness (QED) is 0.637. The first-order valence-corrected chi connectivity index (χ1v) is 6.27. The number of ether oxygens (including phenoxy) is 1. The Labute approximate surface area is 107 Å². The van der Waals surface area contributed by atoms with Gasteiger partial charge < -0.3 is 14.4 Å². The molecule has 0 saturated carbocycles. The average molecular weight is 248 g/mol.